The largest absolute Gasteiger partial charge is 0.373 e. The van der Waals surface area contributed by atoms with Crippen LogP contribution in [0.15, 0.2) is 18.2 Å². The van der Waals surface area contributed by atoms with E-state index in [2.05, 4.69) is 34.3 Å². The van der Waals surface area contributed by atoms with Gasteiger partial charge in [-0.05, 0) is 50.7 Å². The van der Waals surface area contributed by atoms with Crippen LogP contribution in [0.2, 0.25) is 5.02 Å². The molecule has 2 rings (SSSR count). The molecule has 0 spiro atoms. The number of rotatable bonds is 6. The van der Waals surface area contributed by atoms with Crippen molar-refractivity contribution in [2.75, 3.05) is 45.2 Å². The van der Waals surface area contributed by atoms with Crippen molar-refractivity contribution in [3.63, 3.8) is 0 Å². The summed E-state index contributed by atoms with van der Waals surface area (Å²) < 4.78 is 0. The minimum Gasteiger partial charge on any atom is -0.373 e. The Balaban J connectivity index is 1.99. The van der Waals surface area contributed by atoms with E-state index in [4.69, 9.17) is 11.6 Å². The summed E-state index contributed by atoms with van der Waals surface area (Å²) in [5, 5.41) is 4.02. The highest BCUT2D eigenvalue weighted by Gasteiger charge is 2.13. The maximum atomic E-state index is 6.13. The maximum Gasteiger partial charge on any atom is 0.0426 e. The molecule has 1 fully saturated rings. The Kier molecular flexibility index (Phi) is 5.49. The molecule has 0 aromatic heterocycles. The number of anilines is 1. The van der Waals surface area contributed by atoms with Crippen LogP contribution in [0.1, 0.15) is 18.4 Å². The van der Waals surface area contributed by atoms with Gasteiger partial charge in [0.05, 0.1) is 0 Å². The van der Waals surface area contributed by atoms with Gasteiger partial charge in [0.1, 0.15) is 0 Å². The molecule has 1 heterocycles. The fraction of sp³-hybridized carbons (Fsp3) is 0.600. The summed E-state index contributed by atoms with van der Waals surface area (Å²) in [6.45, 7) is 5.58. The minimum absolute atomic E-state index is 0.808. The summed E-state index contributed by atoms with van der Waals surface area (Å²) >= 11 is 6.13. The molecule has 3 nitrogen and oxygen atoms in total. The molecule has 0 unspecified atom stereocenters. The predicted molar refractivity (Wildman–Crippen MR) is 83.2 cm³/mol. The second kappa shape index (κ2) is 7.13. The van der Waals surface area contributed by atoms with E-state index < -0.39 is 0 Å². The lowest BCUT2D eigenvalue weighted by atomic mass is 10.1. The Bertz CT molecular complexity index is 402. The lowest BCUT2D eigenvalue weighted by Crippen LogP contribution is -2.32. The van der Waals surface area contributed by atoms with E-state index in [0.717, 1.165) is 24.7 Å². The van der Waals surface area contributed by atoms with Gasteiger partial charge in [0.15, 0.2) is 0 Å². The quantitative estimate of drug-likeness (QED) is 0.865. The smallest absolute Gasteiger partial charge is 0.0426 e. The van der Waals surface area contributed by atoms with E-state index in [1.165, 1.54) is 37.2 Å². The minimum atomic E-state index is 0.808. The Hall–Kier alpha value is -0.770. The molecule has 1 saturated heterocycles. The Morgan fingerprint density at radius 1 is 1.32 bits per heavy atom. The fourth-order valence-corrected chi connectivity index (χ4v) is 2.82. The van der Waals surface area contributed by atoms with Gasteiger partial charge in [-0.15, -0.1) is 0 Å². The summed E-state index contributed by atoms with van der Waals surface area (Å²) in [5.74, 6) is 0. The molecule has 0 aliphatic carbocycles. The van der Waals surface area contributed by atoms with Gasteiger partial charge in [0, 0.05) is 37.4 Å². The van der Waals surface area contributed by atoms with Gasteiger partial charge in [-0.25, -0.2) is 0 Å². The summed E-state index contributed by atoms with van der Waals surface area (Å²) in [6.07, 6.45) is 2.71. The number of likely N-dealkylation sites (N-methyl/N-ethyl adjacent to an activating group) is 1. The van der Waals surface area contributed by atoms with E-state index in [-0.39, 0.29) is 0 Å². The van der Waals surface area contributed by atoms with Crippen molar-refractivity contribution < 1.29 is 0 Å². The van der Waals surface area contributed by atoms with Gasteiger partial charge in [0.2, 0.25) is 0 Å². The van der Waals surface area contributed by atoms with Gasteiger partial charge in [-0.2, -0.15) is 0 Å². The highest BCUT2D eigenvalue weighted by Crippen LogP contribution is 2.24. The van der Waals surface area contributed by atoms with Crippen molar-refractivity contribution in [3.05, 3.63) is 28.8 Å². The van der Waals surface area contributed by atoms with Crippen molar-refractivity contribution in [2.24, 2.45) is 0 Å². The fourth-order valence-electron chi connectivity index (χ4n) is 2.65. The summed E-state index contributed by atoms with van der Waals surface area (Å²) in [6, 6.07) is 6.14. The number of nitrogens with zero attached hydrogens (tertiary/aromatic N) is 2. The van der Waals surface area contributed by atoms with E-state index in [1.807, 2.05) is 13.1 Å². The van der Waals surface area contributed by atoms with Crippen molar-refractivity contribution in [2.45, 2.75) is 19.4 Å². The Morgan fingerprint density at radius 2 is 2.05 bits per heavy atom. The van der Waals surface area contributed by atoms with E-state index >= 15 is 0 Å². The molecule has 1 aromatic rings. The normalized spacial score (nSPS) is 15.9. The molecule has 0 radical (unpaired) electrons. The highest BCUT2D eigenvalue weighted by atomic mass is 35.5. The first-order valence-corrected chi connectivity index (χ1v) is 7.45. The lowest BCUT2D eigenvalue weighted by Gasteiger charge is -2.25. The number of benzene rings is 1. The van der Waals surface area contributed by atoms with Crippen LogP contribution in [-0.4, -0.2) is 45.2 Å². The molecule has 0 saturated carbocycles. The summed E-state index contributed by atoms with van der Waals surface area (Å²) in [5.41, 5.74) is 2.54. The van der Waals surface area contributed by atoms with Crippen molar-refractivity contribution in [3.8, 4) is 0 Å². The SMILES string of the molecule is CNCc1ccc(Cl)cc1N(C)CCN1CCCC1. The summed E-state index contributed by atoms with van der Waals surface area (Å²) in [4.78, 5) is 4.86. The van der Waals surface area contributed by atoms with Crippen LogP contribution in [0, 0.1) is 0 Å². The van der Waals surface area contributed by atoms with E-state index in [9.17, 15) is 0 Å². The molecule has 1 aliphatic rings. The van der Waals surface area contributed by atoms with Crippen molar-refractivity contribution in [1.29, 1.82) is 0 Å². The molecule has 0 amide bonds. The van der Waals surface area contributed by atoms with E-state index in [0.29, 0.717) is 0 Å². The number of nitrogens with one attached hydrogen (secondary N) is 1. The molecule has 1 aromatic carbocycles. The van der Waals surface area contributed by atoms with Gasteiger partial charge in [-0.3, -0.25) is 0 Å². The van der Waals surface area contributed by atoms with Crippen LogP contribution < -0.4 is 10.2 Å². The zero-order chi connectivity index (χ0) is 13.7. The highest BCUT2D eigenvalue weighted by molar-refractivity contribution is 6.30. The first-order valence-electron chi connectivity index (χ1n) is 7.07. The van der Waals surface area contributed by atoms with Crippen LogP contribution in [0.5, 0.6) is 0 Å². The number of hydrogen-bond donors (Lipinski definition) is 1. The molecule has 1 aliphatic heterocycles. The van der Waals surface area contributed by atoms with Gasteiger partial charge < -0.3 is 15.1 Å². The van der Waals surface area contributed by atoms with Crippen molar-refractivity contribution >= 4 is 17.3 Å². The van der Waals surface area contributed by atoms with Crippen LogP contribution in [0.4, 0.5) is 5.69 Å². The molecular weight excluding hydrogens is 258 g/mol. The average Bonchev–Trinajstić information content (AvgIpc) is 2.91. The van der Waals surface area contributed by atoms with Crippen LogP contribution in [0.25, 0.3) is 0 Å². The number of likely N-dealkylation sites (tertiary alicyclic amines) is 1. The Labute approximate surface area is 121 Å². The number of hydrogen-bond acceptors (Lipinski definition) is 3. The van der Waals surface area contributed by atoms with Crippen molar-refractivity contribution in [1.82, 2.24) is 10.2 Å². The Morgan fingerprint density at radius 3 is 2.74 bits per heavy atom. The third-order valence-electron chi connectivity index (χ3n) is 3.78. The monoisotopic (exact) mass is 281 g/mol. The van der Waals surface area contributed by atoms with Crippen LogP contribution in [0.3, 0.4) is 0 Å². The zero-order valence-corrected chi connectivity index (χ0v) is 12.7. The third kappa shape index (κ3) is 4.10. The molecule has 19 heavy (non-hydrogen) atoms. The standard InChI is InChI=1S/C15H24ClN3/c1-17-12-13-5-6-14(16)11-15(13)18(2)9-10-19-7-3-4-8-19/h5-6,11,17H,3-4,7-10,12H2,1-2H3. The zero-order valence-electron chi connectivity index (χ0n) is 12.0. The van der Waals surface area contributed by atoms with Crippen LogP contribution in [-0.2, 0) is 6.54 Å². The first kappa shape index (κ1) is 14.6. The maximum absolute atomic E-state index is 6.13. The molecule has 0 bridgehead atoms. The van der Waals surface area contributed by atoms with Gasteiger partial charge in [-0.1, -0.05) is 17.7 Å². The van der Waals surface area contributed by atoms with Crippen LogP contribution >= 0.6 is 11.6 Å². The van der Waals surface area contributed by atoms with Gasteiger partial charge >= 0.3 is 0 Å². The van der Waals surface area contributed by atoms with Gasteiger partial charge in [0.25, 0.3) is 0 Å². The second-order valence-electron chi connectivity index (χ2n) is 5.27. The number of halogens is 1. The molecule has 106 valence electrons. The second-order valence-corrected chi connectivity index (χ2v) is 5.71. The summed E-state index contributed by atoms with van der Waals surface area (Å²) in [7, 11) is 4.13. The first-order chi connectivity index (χ1) is 9.20. The topological polar surface area (TPSA) is 18.5 Å². The average molecular weight is 282 g/mol. The predicted octanol–water partition coefficient (Wildman–Crippen LogP) is 2.59. The lowest BCUT2D eigenvalue weighted by molar-refractivity contribution is 0.346. The molecular formula is C15H24ClN3. The van der Waals surface area contributed by atoms with E-state index in [1.54, 1.807) is 0 Å². The molecule has 4 heteroatoms. The third-order valence-corrected chi connectivity index (χ3v) is 4.01. The molecule has 1 N–H and O–H groups in total. The molecule has 0 atom stereocenters.